The van der Waals surface area contributed by atoms with Crippen LogP contribution in [0.2, 0.25) is 0 Å². The van der Waals surface area contributed by atoms with Crippen LogP contribution in [-0.4, -0.2) is 37.5 Å². The summed E-state index contributed by atoms with van der Waals surface area (Å²) < 4.78 is 10.7. The first-order valence-electron chi connectivity index (χ1n) is 10.1. The fourth-order valence-corrected chi connectivity index (χ4v) is 5.31. The molecule has 1 aromatic carbocycles. The Morgan fingerprint density at radius 2 is 2.13 bits per heavy atom. The van der Waals surface area contributed by atoms with Gasteiger partial charge in [-0.25, -0.2) is 4.79 Å². The molecule has 0 saturated carbocycles. The van der Waals surface area contributed by atoms with Crippen molar-refractivity contribution in [2.24, 2.45) is 5.92 Å². The summed E-state index contributed by atoms with van der Waals surface area (Å²) in [5, 5.41) is 3.37. The predicted molar refractivity (Wildman–Crippen MR) is 114 cm³/mol. The molecule has 1 aliphatic carbocycles. The molecule has 1 atom stereocenters. The molecular formula is C22H24N2O5S. The van der Waals surface area contributed by atoms with Gasteiger partial charge >= 0.3 is 5.97 Å². The number of rotatable bonds is 5. The number of thiophene rings is 1. The lowest BCUT2D eigenvalue weighted by Crippen LogP contribution is -2.43. The van der Waals surface area contributed by atoms with Crippen LogP contribution in [0.15, 0.2) is 24.3 Å². The predicted octanol–water partition coefficient (Wildman–Crippen LogP) is 3.41. The molecule has 4 rings (SSSR count). The molecule has 8 heteroatoms. The highest BCUT2D eigenvalue weighted by atomic mass is 32.1. The van der Waals surface area contributed by atoms with Crippen molar-refractivity contribution in [3.63, 3.8) is 0 Å². The fraction of sp³-hybridized carbons (Fsp3) is 0.409. The molecule has 2 amide bonds. The monoisotopic (exact) mass is 428 g/mol. The topological polar surface area (TPSA) is 84.9 Å². The largest absolute Gasteiger partial charge is 0.482 e. The molecule has 0 fully saturated rings. The van der Waals surface area contributed by atoms with Crippen molar-refractivity contribution in [3.05, 3.63) is 40.3 Å². The van der Waals surface area contributed by atoms with Gasteiger partial charge in [-0.1, -0.05) is 19.1 Å². The second-order valence-electron chi connectivity index (χ2n) is 7.56. The summed E-state index contributed by atoms with van der Waals surface area (Å²) in [4.78, 5) is 40.4. The number of nitrogens with zero attached hydrogens (tertiary/aromatic N) is 1. The van der Waals surface area contributed by atoms with Crippen LogP contribution in [0.3, 0.4) is 0 Å². The van der Waals surface area contributed by atoms with Crippen LogP contribution < -0.4 is 15.0 Å². The Balaban J connectivity index is 1.58. The number of hydrogen-bond acceptors (Lipinski definition) is 6. The third kappa shape index (κ3) is 3.92. The van der Waals surface area contributed by atoms with Gasteiger partial charge in [0.15, 0.2) is 6.61 Å². The molecule has 0 bridgehead atoms. The van der Waals surface area contributed by atoms with Crippen LogP contribution >= 0.6 is 11.3 Å². The first-order chi connectivity index (χ1) is 14.5. The summed E-state index contributed by atoms with van der Waals surface area (Å²) >= 11 is 1.44. The Hall–Kier alpha value is -2.87. The minimum atomic E-state index is -0.410. The quantitative estimate of drug-likeness (QED) is 0.738. The van der Waals surface area contributed by atoms with E-state index in [1.54, 1.807) is 25.1 Å². The smallest absolute Gasteiger partial charge is 0.341 e. The summed E-state index contributed by atoms with van der Waals surface area (Å²) in [5.74, 6) is 0.0496. The molecule has 2 aliphatic rings. The molecule has 0 spiro atoms. The van der Waals surface area contributed by atoms with Crippen LogP contribution in [0.4, 0.5) is 10.7 Å². The highest BCUT2D eigenvalue weighted by molar-refractivity contribution is 7.17. The Kier molecular flexibility index (Phi) is 5.76. The zero-order valence-electron chi connectivity index (χ0n) is 17.0. The summed E-state index contributed by atoms with van der Waals surface area (Å²) in [6.07, 6.45) is 2.69. The summed E-state index contributed by atoms with van der Waals surface area (Å²) in [6.45, 7) is 3.96. The van der Waals surface area contributed by atoms with Gasteiger partial charge in [-0.15, -0.1) is 11.3 Å². The lowest BCUT2D eigenvalue weighted by Gasteiger charge is -2.28. The number of amides is 2. The Morgan fingerprint density at radius 1 is 1.33 bits per heavy atom. The number of carbonyl (C=O) groups is 3. The van der Waals surface area contributed by atoms with Crippen molar-refractivity contribution >= 4 is 39.8 Å². The van der Waals surface area contributed by atoms with Crippen molar-refractivity contribution in [3.8, 4) is 5.75 Å². The van der Waals surface area contributed by atoms with E-state index >= 15 is 0 Å². The SMILES string of the molecule is CCOC(=O)c1c(NC(=O)CN2C(=O)COc3ccccc32)sc2c1CCC(C)C2. The van der Waals surface area contributed by atoms with Gasteiger partial charge in [0.25, 0.3) is 5.91 Å². The molecule has 1 unspecified atom stereocenters. The van der Waals surface area contributed by atoms with Gasteiger partial charge in [0.2, 0.25) is 5.91 Å². The van der Waals surface area contributed by atoms with E-state index in [-0.39, 0.29) is 31.6 Å². The van der Waals surface area contributed by atoms with E-state index in [4.69, 9.17) is 9.47 Å². The Morgan fingerprint density at radius 3 is 2.93 bits per heavy atom. The van der Waals surface area contributed by atoms with E-state index in [2.05, 4.69) is 12.2 Å². The molecular weight excluding hydrogens is 404 g/mol. The normalized spacial score (nSPS) is 17.6. The summed E-state index contributed by atoms with van der Waals surface area (Å²) in [7, 11) is 0. The Bertz CT molecular complexity index is 999. The molecule has 1 N–H and O–H groups in total. The maximum Gasteiger partial charge on any atom is 0.341 e. The molecule has 1 aliphatic heterocycles. The minimum Gasteiger partial charge on any atom is -0.482 e. The van der Waals surface area contributed by atoms with Crippen LogP contribution in [0.5, 0.6) is 5.75 Å². The average molecular weight is 429 g/mol. The second-order valence-corrected chi connectivity index (χ2v) is 8.67. The number of esters is 1. The number of fused-ring (bicyclic) bond motifs is 2. The molecule has 0 saturated heterocycles. The summed E-state index contributed by atoms with van der Waals surface area (Å²) in [5.41, 5.74) is 2.01. The molecule has 2 aromatic rings. The Labute approximate surface area is 179 Å². The number of ether oxygens (including phenoxy) is 2. The maximum atomic E-state index is 12.9. The van der Waals surface area contributed by atoms with Crippen LogP contribution in [-0.2, 0) is 27.2 Å². The number of carbonyl (C=O) groups excluding carboxylic acids is 3. The third-order valence-corrected chi connectivity index (χ3v) is 6.52. The number of para-hydroxylation sites is 2. The van der Waals surface area contributed by atoms with Gasteiger partial charge in [-0.2, -0.15) is 0 Å². The van der Waals surface area contributed by atoms with Gasteiger partial charge in [-0.3, -0.25) is 14.5 Å². The lowest BCUT2D eigenvalue weighted by molar-refractivity contribution is -0.123. The van der Waals surface area contributed by atoms with Gasteiger partial charge in [0.05, 0.1) is 17.9 Å². The molecule has 1 aromatic heterocycles. The van der Waals surface area contributed by atoms with Crippen molar-refractivity contribution < 1.29 is 23.9 Å². The van der Waals surface area contributed by atoms with Gasteiger partial charge < -0.3 is 14.8 Å². The fourth-order valence-electron chi connectivity index (χ4n) is 3.90. The van der Waals surface area contributed by atoms with E-state index in [1.165, 1.54) is 16.2 Å². The maximum absolute atomic E-state index is 12.9. The lowest BCUT2D eigenvalue weighted by atomic mass is 9.88. The van der Waals surface area contributed by atoms with E-state index in [1.807, 2.05) is 6.07 Å². The summed E-state index contributed by atoms with van der Waals surface area (Å²) in [6, 6.07) is 7.11. The van der Waals surface area contributed by atoms with Gasteiger partial charge in [0.1, 0.15) is 17.3 Å². The van der Waals surface area contributed by atoms with Crippen molar-refractivity contribution in [2.75, 3.05) is 30.0 Å². The number of hydrogen-bond donors (Lipinski definition) is 1. The molecule has 7 nitrogen and oxygen atoms in total. The van der Waals surface area contributed by atoms with Crippen molar-refractivity contribution in [1.82, 2.24) is 0 Å². The first kappa shape index (κ1) is 20.4. The van der Waals surface area contributed by atoms with Gasteiger partial charge in [-0.05, 0) is 49.8 Å². The third-order valence-electron chi connectivity index (χ3n) is 5.35. The van der Waals surface area contributed by atoms with Crippen molar-refractivity contribution in [2.45, 2.75) is 33.1 Å². The number of nitrogens with one attached hydrogen (secondary N) is 1. The minimum absolute atomic E-state index is 0.108. The van der Waals surface area contributed by atoms with Crippen LogP contribution in [0.25, 0.3) is 0 Å². The molecule has 0 radical (unpaired) electrons. The molecule has 158 valence electrons. The first-order valence-corrected chi connectivity index (χ1v) is 10.9. The van der Waals surface area contributed by atoms with E-state index < -0.39 is 5.97 Å². The average Bonchev–Trinajstić information content (AvgIpc) is 3.07. The van der Waals surface area contributed by atoms with Crippen LogP contribution in [0.1, 0.15) is 41.1 Å². The number of anilines is 2. The van der Waals surface area contributed by atoms with E-state index in [0.717, 1.165) is 29.7 Å². The zero-order chi connectivity index (χ0) is 21.3. The second kappa shape index (κ2) is 8.47. The standard InChI is InChI=1S/C22H24N2O5S/c1-3-28-22(27)20-14-9-8-13(2)10-17(14)30-21(20)23-18(25)11-24-15-6-4-5-7-16(15)29-12-19(24)26/h4-7,13H,3,8-12H2,1-2H3,(H,23,25). The highest BCUT2D eigenvalue weighted by Gasteiger charge is 2.31. The van der Waals surface area contributed by atoms with E-state index in [9.17, 15) is 14.4 Å². The van der Waals surface area contributed by atoms with Crippen LogP contribution in [0, 0.1) is 5.92 Å². The highest BCUT2D eigenvalue weighted by Crippen LogP contribution is 2.40. The van der Waals surface area contributed by atoms with Crippen molar-refractivity contribution in [1.29, 1.82) is 0 Å². The van der Waals surface area contributed by atoms with E-state index in [0.29, 0.717) is 27.9 Å². The molecule has 2 heterocycles. The zero-order valence-corrected chi connectivity index (χ0v) is 17.8. The van der Waals surface area contributed by atoms with Gasteiger partial charge in [0, 0.05) is 4.88 Å². The number of benzene rings is 1. The molecule has 30 heavy (non-hydrogen) atoms.